The summed E-state index contributed by atoms with van der Waals surface area (Å²) in [5.41, 5.74) is 5.04. The minimum Gasteiger partial charge on any atom is -0.480 e. The Morgan fingerprint density at radius 3 is 2.29 bits per heavy atom. The fourth-order valence-corrected chi connectivity index (χ4v) is 3.90. The molecule has 2 heterocycles. The summed E-state index contributed by atoms with van der Waals surface area (Å²) in [6.07, 6.45) is 0.447. The van der Waals surface area contributed by atoms with Crippen molar-refractivity contribution in [1.29, 1.82) is 0 Å². The first-order valence-corrected chi connectivity index (χ1v) is 8.58. The number of carboxylic acid groups (broad SMARTS) is 1. The van der Waals surface area contributed by atoms with Gasteiger partial charge in [-0.15, -0.1) is 12.4 Å². The highest BCUT2D eigenvalue weighted by molar-refractivity contribution is 7.89. The van der Waals surface area contributed by atoms with Gasteiger partial charge in [0.15, 0.2) is 5.76 Å². The largest absolute Gasteiger partial charge is 0.480 e. The maximum Gasteiger partial charge on any atom is 0.320 e. The molecule has 0 radical (unpaired) electrons. The van der Waals surface area contributed by atoms with E-state index in [9.17, 15) is 18.0 Å². The molecule has 1 atom stereocenters. The highest BCUT2D eigenvalue weighted by Crippen LogP contribution is 2.21. The van der Waals surface area contributed by atoms with Crippen LogP contribution in [0.25, 0.3) is 0 Å². The average molecular weight is 382 g/mol. The first kappa shape index (κ1) is 20.4. The Morgan fingerprint density at radius 2 is 1.88 bits per heavy atom. The molecular weight excluding hydrogens is 362 g/mol. The van der Waals surface area contributed by atoms with Crippen LogP contribution in [0, 0.1) is 0 Å². The van der Waals surface area contributed by atoms with Crippen LogP contribution < -0.4 is 5.73 Å². The maximum atomic E-state index is 12.4. The number of primary amides is 1. The zero-order valence-corrected chi connectivity index (χ0v) is 14.7. The van der Waals surface area contributed by atoms with Crippen LogP contribution in [0.2, 0.25) is 0 Å². The van der Waals surface area contributed by atoms with E-state index < -0.39 is 27.9 Å². The number of nitrogens with two attached hydrogens (primary N) is 1. The van der Waals surface area contributed by atoms with Gasteiger partial charge in [-0.3, -0.25) is 14.5 Å². The lowest BCUT2D eigenvalue weighted by Gasteiger charge is -2.36. The summed E-state index contributed by atoms with van der Waals surface area (Å²) in [4.78, 5) is 23.9. The quantitative estimate of drug-likeness (QED) is 0.706. The molecule has 136 valence electrons. The molecule has 1 aliphatic heterocycles. The van der Waals surface area contributed by atoms with Crippen LogP contribution >= 0.6 is 12.4 Å². The van der Waals surface area contributed by atoms with Crippen molar-refractivity contribution in [3.05, 3.63) is 17.9 Å². The monoisotopic (exact) mass is 381 g/mol. The molecule has 0 aromatic carbocycles. The highest BCUT2D eigenvalue weighted by atomic mass is 35.5. The van der Waals surface area contributed by atoms with Crippen molar-refractivity contribution in [3.63, 3.8) is 0 Å². The normalized spacial score (nSPS) is 17.9. The van der Waals surface area contributed by atoms with Crippen molar-refractivity contribution >= 4 is 34.3 Å². The van der Waals surface area contributed by atoms with E-state index in [0.29, 0.717) is 19.5 Å². The Balaban J connectivity index is 0.00000288. The van der Waals surface area contributed by atoms with Crippen LogP contribution in [-0.4, -0.2) is 66.8 Å². The molecule has 9 nitrogen and oxygen atoms in total. The number of hydrogen-bond acceptors (Lipinski definition) is 6. The molecule has 24 heavy (non-hydrogen) atoms. The van der Waals surface area contributed by atoms with Gasteiger partial charge >= 0.3 is 5.97 Å². The molecular formula is C13H20ClN3O6S. The fraction of sp³-hybridized carbons (Fsp3) is 0.538. The molecule has 0 bridgehead atoms. The predicted octanol–water partition coefficient (Wildman–Crippen LogP) is -0.0302. The number of carbonyl (C=O) groups excluding carboxylic acids is 1. The van der Waals surface area contributed by atoms with E-state index >= 15 is 0 Å². The number of aliphatic carboxylic acids is 1. The Bertz CT molecular complexity index is 696. The number of sulfonamides is 1. The number of piperazine rings is 1. The van der Waals surface area contributed by atoms with E-state index in [1.54, 1.807) is 11.8 Å². The minimum absolute atomic E-state index is 0. The number of halogens is 1. The van der Waals surface area contributed by atoms with E-state index in [2.05, 4.69) is 0 Å². The van der Waals surface area contributed by atoms with Crippen LogP contribution in [0.5, 0.6) is 0 Å². The molecule has 1 unspecified atom stereocenters. The second-order valence-corrected chi connectivity index (χ2v) is 7.05. The molecule has 2 rings (SSSR count). The summed E-state index contributed by atoms with van der Waals surface area (Å²) in [5.74, 6) is -1.98. The number of nitrogens with zero attached hydrogens (tertiary/aromatic N) is 2. The molecule has 0 spiro atoms. The lowest BCUT2D eigenvalue weighted by atomic mass is 10.1. The van der Waals surface area contributed by atoms with Crippen molar-refractivity contribution < 1.29 is 27.5 Å². The summed E-state index contributed by atoms with van der Waals surface area (Å²) in [7, 11) is -3.87. The molecule has 0 aliphatic carbocycles. The Morgan fingerprint density at radius 1 is 1.29 bits per heavy atom. The summed E-state index contributed by atoms with van der Waals surface area (Å²) in [6, 6.07) is 1.78. The zero-order valence-electron chi connectivity index (χ0n) is 13.0. The lowest BCUT2D eigenvalue weighted by Crippen LogP contribution is -2.53. The van der Waals surface area contributed by atoms with Gasteiger partial charge in [0.2, 0.25) is 5.09 Å². The molecule has 1 aromatic rings. The van der Waals surface area contributed by atoms with Crippen LogP contribution in [0.3, 0.4) is 0 Å². The fourth-order valence-electron chi connectivity index (χ4n) is 2.56. The van der Waals surface area contributed by atoms with E-state index in [0.717, 1.165) is 0 Å². The first-order valence-electron chi connectivity index (χ1n) is 7.14. The SMILES string of the molecule is CCC(C(=O)O)N1CCN(S(=O)(=O)c2ccc(C(N)=O)o2)CC1.Cl. The molecule has 1 fully saturated rings. The van der Waals surface area contributed by atoms with Gasteiger partial charge < -0.3 is 15.3 Å². The van der Waals surface area contributed by atoms with Gasteiger partial charge in [0.05, 0.1) is 0 Å². The smallest absolute Gasteiger partial charge is 0.320 e. The predicted molar refractivity (Wildman–Crippen MR) is 86.5 cm³/mol. The van der Waals surface area contributed by atoms with Crippen LogP contribution in [0.15, 0.2) is 21.6 Å². The minimum atomic E-state index is -3.87. The van der Waals surface area contributed by atoms with Gasteiger partial charge in [0.25, 0.3) is 15.9 Å². The molecule has 1 saturated heterocycles. The maximum absolute atomic E-state index is 12.4. The molecule has 11 heteroatoms. The average Bonchev–Trinajstić information content (AvgIpc) is 2.99. The zero-order chi connectivity index (χ0) is 17.2. The van der Waals surface area contributed by atoms with Crippen molar-refractivity contribution in [2.24, 2.45) is 5.73 Å². The van der Waals surface area contributed by atoms with Crippen molar-refractivity contribution in [1.82, 2.24) is 9.21 Å². The van der Waals surface area contributed by atoms with Gasteiger partial charge in [0, 0.05) is 26.2 Å². The molecule has 1 aromatic heterocycles. The molecule has 3 N–H and O–H groups in total. The van der Waals surface area contributed by atoms with E-state index in [1.807, 2.05) is 0 Å². The van der Waals surface area contributed by atoms with Gasteiger partial charge in [-0.2, -0.15) is 4.31 Å². The molecule has 1 amide bonds. The third-order valence-corrected chi connectivity index (χ3v) is 5.58. The third kappa shape index (κ3) is 4.07. The number of furan rings is 1. The lowest BCUT2D eigenvalue weighted by molar-refractivity contribution is -0.143. The standard InChI is InChI=1S/C13H19N3O6S.ClH/c1-2-9(13(18)19)15-5-7-16(8-6-15)23(20,21)11-4-3-10(22-11)12(14)17;/h3-4,9H,2,5-8H2,1H3,(H2,14,17)(H,18,19);1H. The van der Waals surface area contributed by atoms with E-state index in [4.69, 9.17) is 15.3 Å². The van der Waals surface area contributed by atoms with Gasteiger partial charge in [-0.25, -0.2) is 8.42 Å². The summed E-state index contributed by atoms with van der Waals surface area (Å²) >= 11 is 0. The van der Waals surface area contributed by atoms with Crippen LogP contribution in [0.1, 0.15) is 23.9 Å². The number of amides is 1. The van der Waals surface area contributed by atoms with Crippen molar-refractivity contribution in [3.8, 4) is 0 Å². The van der Waals surface area contributed by atoms with E-state index in [-0.39, 0.29) is 36.3 Å². The highest BCUT2D eigenvalue weighted by Gasteiger charge is 2.34. The third-order valence-electron chi connectivity index (χ3n) is 3.80. The van der Waals surface area contributed by atoms with Crippen molar-refractivity contribution in [2.45, 2.75) is 24.5 Å². The summed E-state index contributed by atoms with van der Waals surface area (Å²) in [5, 5.41) is 8.81. The topological polar surface area (TPSA) is 134 Å². The Labute approximate surface area is 145 Å². The second kappa shape index (κ2) is 7.97. The van der Waals surface area contributed by atoms with E-state index in [1.165, 1.54) is 16.4 Å². The van der Waals surface area contributed by atoms with Gasteiger partial charge in [0.1, 0.15) is 6.04 Å². The second-order valence-electron chi connectivity index (χ2n) is 5.19. The number of carboxylic acids is 1. The molecule has 1 aliphatic rings. The summed E-state index contributed by atoms with van der Waals surface area (Å²) < 4.78 is 31.1. The summed E-state index contributed by atoms with van der Waals surface area (Å²) in [6.45, 7) is 2.70. The van der Waals surface area contributed by atoms with Crippen LogP contribution in [0.4, 0.5) is 0 Å². The first-order chi connectivity index (χ1) is 10.8. The number of hydrogen-bond donors (Lipinski definition) is 2. The Kier molecular flexibility index (Phi) is 6.78. The molecule has 0 saturated carbocycles. The van der Waals surface area contributed by atoms with Gasteiger partial charge in [-0.1, -0.05) is 6.92 Å². The van der Waals surface area contributed by atoms with Gasteiger partial charge in [-0.05, 0) is 18.6 Å². The number of rotatable bonds is 6. The van der Waals surface area contributed by atoms with Crippen molar-refractivity contribution in [2.75, 3.05) is 26.2 Å². The Hall–Kier alpha value is -1.62. The number of carbonyl (C=O) groups is 2. The van der Waals surface area contributed by atoms with Crippen LogP contribution in [-0.2, 0) is 14.8 Å².